The Hall–Kier alpha value is -2.31. The minimum absolute atomic E-state index is 0.135. The number of dihydropyridines is 1. The van der Waals surface area contributed by atoms with E-state index in [-0.39, 0.29) is 6.04 Å². The van der Waals surface area contributed by atoms with E-state index in [1.54, 1.807) is 18.4 Å². The molecule has 1 aliphatic rings. The van der Waals surface area contributed by atoms with E-state index in [4.69, 9.17) is 19.9 Å². The Kier molecular flexibility index (Phi) is 6.00. The smallest absolute Gasteiger partial charge is 0.342 e. The lowest BCUT2D eigenvalue weighted by atomic mass is 10.0. The number of hydrogen-bond acceptors (Lipinski definition) is 6. The summed E-state index contributed by atoms with van der Waals surface area (Å²) in [5, 5.41) is 3.19. The summed E-state index contributed by atoms with van der Waals surface area (Å²) in [5.41, 5.74) is 7.83. The summed E-state index contributed by atoms with van der Waals surface area (Å²) in [4.78, 5) is 12.5. The maximum absolute atomic E-state index is 12.5. The molecule has 0 saturated carbocycles. The van der Waals surface area contributed by atoms with Crippen molar-refractivity contribution in [3.05, 3.63) is 53.8 Å². The first-order valence-corrected chi connectivity index (χ1v) is 7.96. The molecule has 2 rings (SSSR count). The molecular formula is C18H24N2O4. The molecule has 0 spiro atoms. The molecule has 0 aliphatic carbocycles. The van der Waals surface area contributed by atoms with Gasteiger partial charge in [-0.25, -0.2) is 4.79 Å². The second kappa shape index (κ2) is 7.99. The van der Waals surface area contributed by atoms with Crippen LogP contribution in [-0.4, -0.2) is 25.7 Å². The van der Waals surface area contributed by atoms with Crippen LogP contribution in [0.1, 0.15) is 31.9 Å². The highest BCUT2D eigenvalue weighted by atomic mass is 16.9. The fraction of sp³-hybridized carbons (Fsp3) is 0.389. The summed E-state index contributed by atoms with van der Waals surface area (Å²) in [6.45, 7) is 4.02. The van der Waals surface area contributed by atoms with Gasteiger partial charge in [0.1, 0.15) is 0 Å². The van der Waals surface area contributed by atoms with Gasteiger partial charge in [-0.2, -0.15) is 0 Å². The van der Waals surface area contributed by atoms with Crippen LogP contribution in [0.2, 0.25) is 0 Å². The molecule has 0 bridgehead atoms. The average molecular weight is 332 g/mol. The number of hydrogen-bond donors (Lipinski definition) is 2. The number of ether oxygens (including phenoxy) is 3. The zero-order valence-electron chi connectivity index (χ0n) is 14.2. The van der Waals surface area contributed by atoms with E-state index in [1.165, 1.54) is 7.11 Å². The average Bonchev–Trinajstić information content (AvgIpc) is 2.62. The third-order valence-electron chi connectivity index (χ3n) is 3.77. The molecule has 3 N–H and O–H groups in total. The number of carbonyl (C=O) groups excluding carboxylic acids is 1. The van der Waals surface area contributed by atoms with Crippen molar-refractivity contribution >= 4 is 11.7 Å². The molecule has 0 aromatic heterocycles. The summed E-state index contributed by atoms with van der Waals surface area (Å²) in [6, 6.07) is 7.34. The number of esters is 1. The number of nitrogen functional groups attached to an aromatic ring is 1. The molecule has 6 nitrogen and oxygen atoms in total. The summed E-state index contributed by atoms with van der Waals surface area (Å²) >= 11 is 0. The van der Waals surface area contributed by atoms with Crippen molar-refractivity contribution in [2.45, 2.75) is 32.3 Å². The Labute approximate surface area is 142 Å². The van der Waals surface area contributed by atoms with Gasteiger partial charge < -0.3 is 25.3 Å². The Morgan fingerprint density at radius 2 is 2.00 bits per heavy atom. The van der Waals surface area contributed by atoms with Gasteiger partial charge >= 0.3 is 11.9 Å². The van der Waals surface area contributed by atoms with Crippen molar-refractivity contribution in [3.8, 4) is 0 Å². The van der Waals surface area contributed by atoms with Crippen LogP contribution in [0.3, 0.4) is 0 Å². The van der Waals surface area contributed by atoms with E-state index in [9.17, 15) is 4.79 Å². The fourth-order valence-corrected chi connectivity index (χ4v) is 2.43. The molecule has 1 heterocycles. The van der Waals surface area contributed by atoms with E-state index < -0.39 is 11.9 Å². The molecule has 2 atom stereocenters. The normalized spacial score (nSPS) is 19.1. The monoisotopic (exact) mass is 332 g/mol. The predicted molar refractivity (Wildman–Crippen MR) is 91.7 cm³/mol. The zero-order valence-corrected chi connectivity index (χ0v) is 14.2. The largest absolute Gasteiger partial charge is 0.404 e. The molecule has 1 aromatic rings. The molecule has 0 fully saturated rings. The van der Waals surface area contributed by atoms with Gasteiger partial charge in [-0.1, -0.05) is 19.1 Å². The number of nitrogens with two attached hydrogens (primary N) is 1. The second-order valence-corrected chi connectivity index (χ2v) is 5.33. The van der Waals surface area contributed by atoms with Crippen molar-refractivity contribution in [2.24, 2.45) is 0 Å². The quantitative estimate of drug-likeness (QED) is 0.454. The molecule has 2 unspecified atom stereocenters. The van der Waals surface area contributed by atoms with Crippen LogP contribution in [0.15, 0.2) is 48.2 Å². The van der Waals surface area contributed by atoms with Crippen molar-refractivity contribution in [1.29, 1.82) is 0 Å². The molecule has 24 heavy (non-hydrogen) atoms. The highest BCUT2D eigenvalue weighted by molar-refractivity contribution is 5.92. The topological polar surface area (TPSA) is 82.8 Å². The van der Waals surface area contributed by atoms with Crippen LogP contribution in [0.25, 0.3) is 0 Å². The number of anilines is 1. The molecular weight excluding hydrogens is 308 g/mol. The van der Waals surface area contributed by atoms with Gasteiger partial charge in [0.15, 0.2) is 0 Å². The minimum Gasteiger partial charge on any atom is -0.404 e. The van der Waals surface area contributed by atoms with Crippen LogP contribution in [-0.2, 0) is 19.0 Å². The summed E-state index contributed by atoms with van der Waals surface area (Å²) < 4.78 is 16.2. The Morgan fingerprint density at radius 3 is 2.58 bits per heavy atom. The third-order valence-corrected chi connectivity index (χ3v) is 3.77. The first-order valence-electron chi connectivity index (χ1n) is 7.96. The van der Waals surface area contributed by atoms with Crippen LogP contribution >= 0.6 is 0 Å². The highest BCUT2D eigenvalue weighted by Gasteiger charge is 2.34. The van der Waals surface area contributed by atoms with Gasteiger partial charge in [-0.15, -0.1) is 0 Å². The van der Waals surface area contributed by atoms with E-state index in [1.807, 2.05) is 38.1 Å². The van der Waals surface area contributed by atoms with Crippen LogP contribution in [0.4, 0.5) is 5.69 Å². The van der Waals surface area contributed by atoms with E-state index >= 15 is 0 Å². The van der Waals surface area contributed by atoms with Gasteiger partial charge in [0, 0.05) is 19.2 Å². The summed E-state index contributed by atoms with van der Waals surface area (Å²) in [5.74, 6) is -1.85. The second-order valence-electron chi connectivity index (χ2n) is 5.33. The van der Waals surface area contributed by atoms with E-state index in [0.717, 1.165) is 5.56 Å². The maximum atomic E-state index is 12.5. The van der Waals surface area contributed by atoms with Gasteiger partial charge in [-0.3, -0.25) is 0 Å². The Bertz CT molecular complexity index is 618. The molecule has 0 saturated heterocycles. The minimum atomic E-state index is -1.36. The van der Waals surface area contributed by atoms with Gasteiger partial charge in [0.05, 0.1) is 18.2 Å². The van der Waals surface area contributed by atoms with Crippen molar-refractivity contribution in [2.75, 3.05) is 19.5 Å². The predicted octanol–water partition coefficient (Wildman–Crippen LogP) is 2.64. The van der Waals surface area contributed by atoms with Crippen LogP contribution < -0.4 is 11.1 Å². The molecule has 0 amide bonds. The molecule has 0 radical (unpaired) electrons. The summed E-state index contributed by atoms with van der Waals surface area (Å²) in [6.07, 6.45) is 5.58. The van der Waals surface area contributed by atoms with Crippen molar-refractivity contribution < 1.29 is 19.0 Å². The molecule has 6 heteroatoms. The fourth-order valence-electron chi connectivity index (χ4n) is 2.43. The lowest BCUT2D eigenvalue weighted by molar-refractivity contribution is -0.351. The number of benzene rings is 1. The third kappa shape index (κ3) is 4.15. The number of methoxy groups -OCH3 is 1. The van der Waals surface area contributed by atoms with Gasteiger partial charge in [0.25, 0.3) is 0 Å². The first-order chi connectivity index (χ1) is 11.5. The maximum Gasteiger partial charge on any atom is 0.342 e. The van der Waals surface area contributed by atoms with Crippen LogP contribution in [0, 0.1) is 0 Å². The first kappa shape index (κ1) is 18.0. The number of nitrogens with one attached hydrogen (secondary N) is 1. The Morgan fingerprint density at radius 1 is 1.29 bits per heavy atom. The van der Waals surface area contributed by atoms with Crippen molar-refractivity contribution in [3.63, 3.8) is 0 Å². The number of rotatable bonds is 7. The van der Waals surface area contributed by atoms with Gasteiger partial charge in [-0.05, 0) is 43.0 Å². The molecule has 1 aromatic carbocycles. The molecule has 1 aliphatic heterocycles. The van der Waals surface area contributed by atoms with E-state index in [0.29, 0.717) is 24.3 Å². The molecule has 130 valence electrons. The number of carbonyl (C=O) groups is 1. The van der Waals surface area contributed by atoms with Gasteiger partial charge in [0.2, 0.25) is 0 Å². The highest BCUT2D eigenvalue weighted by Crippen LogP contribution is 2.25. The van der Waals surface area contributed by atoms with E-state index in [2.05, 4.69) is 5.32 Å². The van der Waals surface area contributed by atoms with Crippen LogP contribution in [0.5, 0.6) is 0 Å². The SMILES string of the molecule is CCOC(CC)(OC)OC(=O)C1=CC(c2ccc(N)cc2)NC=C1. The summed E-state index contributed by atoms with van der Waals surface area (Å²) in [7, 11) is 1.45. The zero-order chi connectivity index (χ0) is 17.6. The van der Waals surface area contributed by atoms with Crippen molar-refractivity contribution in [1.82, 2.24) is 5.32 Å². The lowest BCUT2D eigenvalue weighted by Crippen LogP contribution is -2.40. The Balaban J connectivity index is 2.16. The lowest BCUT2D eigenvalue weighted by Gasteiger charge is -2.30. The standard InChI is InChI=1S/C18H24N2O4/c1-4-18(22-3,23-5-2)24-17(21)14-10-11-20-16(12-14)13-6-8-15(19)9-7-13/h6-12,16,20H,4-5,19H2,1-3H3.